The van der Waals surface area contributed by atoms with Crippen molar-refractivity contribution < 1.29 is 4.79 Å². The van der Waals surface area contributed by atoms with Crippen molar-refractivity contribution in [3.8, 4) is 10.4 Å². The third-order valence-electron chi connectivity index (χ3n) is 3.42. The zero-order valence-corrected chi connectivity index (χ0v) is 13.8. The number of aldehydes is 1. The van der Waals surface area contributed by atoms with Crippen LogP contribution < -0.4 is 0 Å². The lowest BCUT2D eigenvalue weighted by molar-refractivity contribution is 0.112. The first-order chi connectivity index (χ1) is 10.8. The Kier molecular flexibility index (Phi) is 4.61. The summed E-state index contributed by atoms with van der Waals surface area (Å²) in [4.78, 5) is 17.3. The second-order valence-electron chi connectivity index (χ2n) is 4.84. The van der Waals surface area contributed by atoms with Crippen LogP contribution in [0.3, 0.4) is 0 Å². The lowest BCUT2D eigenvalue weighted by Crippen LogP contribution is -1.80. The molecule has 4 heteroatoms. The van der Waals surface area contributed by atoms with Crippen molar-refractivity contribution in [2.45, 2.75) is 13.3 Å². The van der Waals surface area contributed by atoms with Gasteiger partial charge in [0.1, 0.15) is 0 Å². The van der Waals surface area contributed by atoms with Gasteiger partial charge in [-0.3, -0.25) is 4.79 Å². The maximum Gasteiger partial charge on any atom is 0.160 e. The van der Waals surface area contributed by atoms with Crippen LogP contribution in [0.15, 0.2) is 41.2 Å². The molecule has 0 aliphatic heterocycles. The number of rotatable bonds is 5. The standard InChI is InChI=1S/C18H15NOS2/c1-2-14-9-17(22-18(14)10-20)15-6-3-13(4-7-15)5-8-16-11-21-12-19-16/h3-12H,2H2,1H3/b8-5+. The number of thiazole rings is 1. The van der Waals surface area contributed by atoms with Crippen molar-refractivity contribution in [2.24, 2.45) is 0 Å². The van der Waals surface area contributed by atoms with E-state index in [0.717, 1.165) is 44.8 Å². The van der Waals surface area contributed by atoms with E-state index in [1.54, 1.807) is 22.7 Å². The average Bonchev–Trinajstić information content (AvgIpc) is 3.22. The van der Waals surface area contributed by atoms with Gasteiger partial charge < -0.3 is 0 Å². The molecule has 0 saturated heterocycles. The van der Waals surface area contributed by atoms with E-state index in [-0.39, 0.29) is 0 Å². The van der Waals surface area contributed by atoms with Crippen LogP contribution >= 0.6 is 22.7 Å². The van der Waals surface area contributed by atoms with Crippen LogP contribution in [0.2, 0.25) is 0 Å². The number of carbonyl (C=O) groups is 1. The summed E-state index contributed by atoms with van der Waals surface area (Å²) >= 11 is 3.15. The Morgan fingerprint density at radius 2 is 2.00 bits per heavy atom. The van der Waals surface area contributed by atoms with Gasteiger partial charge in [0, 0.05) is 10.3 Å². The van der Waals surface area contributed by atoms with Crippen LogP contribution in [0.5, 0.6) is 0 Å². The highest BCUT2D eigenvalue weighted by Gasteiger charge is 2.08. The van der Waals surface area contributed by atoms with E-state index in [1.165, 1.54) is 0 Å². The molecule has 0 unspecified atom stereocenters. The van der Waals surface area contributed by atoms with Crippen LogP contribution in [-0.4, -0.2) is 11.3 Å². The quantitative estimate of drug-likeness (QED) is 0.586. The van der Waals surface area contributed by atoms with Crippen LogP contribution in [0.25, 0.3) is 22.6 Å². The van der Waals surface area contributed by atoms with E-state index in [9.17, 15) is 4.79 Å². The first-order valence-electron chi connectivity index (χ1n) is 7.04. The fraction of sp³-hybridized carbons (Fsp3) is 0.111. The van der Waals surface area contributed by atoms with Gasteiger partial charge in [0.05, 0.1) is 16.1 Å². The minimum Gasteiger partial charge on any atom is -0.297 e. The smallest absolute Gasteiger partial charge is 0.160 e. The molecule has 0 aliphatic carbocycles. The normalized spacial score (nSPS) is 11.1. The SMILES string of the molecule is CCc1cc(-c2ccc(/C=C/c3cscn3)cc2)sc1C=O. The van der Waals surface area contributed by atoms with Gasteiger partial charge in [0.25, 0.3) is 0 Å². The highest BCUT2D eigenvalue weighted by atomic mass is 32.1. The van der Waals surface area contributed by atoms with Crippen molar-refractivity contribution in [1.29, 1.82) is 0 Å². The molecule has 0 amide bonds. The van der Waals surface area contributed by atoms with E-state index in [2.05, 4.69) is 48.3 Å². The summed E-state index contributed by atoms with van der Waals surface area (Å²) in [6.07, 6.45) is 5.91. The summed E-state index contributed by atoms with van der Waals surface area (Å²) in [5.74, 6) is 0. The summed E-state index contributed by atoms with van der Waals surface area (Å²) in [5, 5.41) is 2.02. The third kappa shape index (κ3) is 3.24. The molecule has 0 aliphatic rings. The van der Waals surface area contributed by atoms with Crippen molar-refractivity contribution in [1.82, 2.24) is 4.98 Å². The molecule has 2 nitrogen and oxygen atoms in total. The van der Waals surface area contributed by atoms with E-state index in [1.807, 2.05) is 17.0 Å². The van der Waals surface area contributed by atoms with E-state index < -0.39 is 0 Å². The molecule has 1 aromatic carbocycles. The highest BCUT2D eigenvalue weighted by Crippen LogP contribution is 2.31. The Morgan fingerprint density at radius 3 is 2.59 bits per heavy atom. The lowest BCUT2D eigenvalue weighted by Gasteiger charge is -1.98. The molecule has 0 radical (unpaired) electrons. The zero-order chi connectivity index (χ0) is 15.4. The fourth-order valence-electron chi connectivity index (χ4n) is 2.21. The molecule has 3 rings (SSSR count). The molecule has 0 bridgehead atoms. The van der Waals surface area contributed by atoms with Crippen LogP contribution in [0.1, 0.15) is 33.4 Å². The van der Waals surface area contributed by atoms with Gasteiger partial charge in [-0.15, -0.1) is 22.7 Å². The molecule has 22 heavy (non-hydrogen) atoms. The summed E-state index contributed by atoms with van der Waals surface area (Å²) in [6.45, 7) is 2.07. The monoisotopic (exact) mass is 325 g/mol. The molecule has 3 aromatic rings. The van der Waals surface area contributed by atoms with E-state index >= 15 is 0 Å². The van der Waals surface area contributed by atoms with Gasteiger partial charge in [0.15, 0.2) is 6.29 Å². The second-order valence-corrected chi connectivity index (χ2v) is 6.64. The highest BCUT2D eigenvalue weighted by molar-refractivity contribution is 7.17. The van der Waals surface area contributed by atoms with Gasteiger partial charge >= 0.3 is 0 Å². The number of carbonyl (C=O) groups excluding carboxylic acids is 1. The molecule has 110 valence electrons. The van der Waals surface area contributed by atoms with Crippen LogP contribution in [-0.2, 0) is 6.42 Å². The van der Waals surface area contributed by atoms with E-state index in [4.69, 9.17) is 0 Å². The molecule has 2 aromatic heterocycles. The minimum absolute atomic E-state index is 0.838. The Balaban J connectivity index is 1.82. The Bertz CT molecular complexity index is 783. The second kappa shape index (κ2) is 6.81. The van der Waals surface area contributed by atoms with Gasteiger partial charge in [-0.1, -0.05) is 37.3 Å². The fourth-order valence-corrected chi connectivity index (χ4v) is 3.80. The summed E-state index contributed by atoms with van der Waals surface area (Å²) < 4.78 is 0. The summed E-state index contributed by atoms with van der Waals surface area (Å²) in [6, 6.07) is 10.5. The lowest BCUT2D eigenvalue weighted by atomic mass is 10.1. The number of aromatic nitrogens is 1. The Morgan fingerprint density at radius 1 is 1.18 bits per heavy atom. The number of aryl methyl sites for hydroxylation is 1. The Labute approximate surface area is 137 Å². The molecule has 2 heterocycles. The molecule has 0 atom stereocenters. The topological polar surface area (TPSA) is 30.0 Å². The average molecular weight is 325 g/mol. The van der Waals surface area contributed by atoms with Crippen molar-refractivity contribution in [2.75, 3.05) is 0 Å². The molecule has 0 fully saturated rings. The van der Waals surface area contributed by atoms with Crippen molar-refractivity contribution >= 4 is 41.1 Å². The van der Waals surface area contributed by atoms with Gasteiger partial charge in [-0.05, 0) is 35.3 Å². The summed E-state index contributed by atoms with van der Waals surface area (Å²) in [5.41, 5.74) is 6.23. The molecular weight excluding hydrogens is 310 g/mol. The number of benzene rings is 1. The van der Waals surface area contributed by atoms with Crippen molar-refractivity contribution in [3.63, 3.8) is 0 Å². The van der Waals surface area contributed by atoms with Gasteiger partial charge in [-0.25, -0.2) is 4.98 Å². The summed E-state index contributed by atoms with van der Waals surface area (Å²) in [7, 11) is 0. The van der Waals surface area contributed by atoms with E-state index in [0.29, 0.717) is 0 Å². The Hall–Kier alpha value is -2.04. The number of nitrogens with zero attached hydrogens (tertiary/aromatic N) is 1. The van der Waals surface area contributed by atoms with Crippen LogP contribution in [0, 0.1) is 0 Å². The largest absolute Gasteiger partial charge is 0.297 e. The molecule has 0 saturated carbocycles. The van der Waals surface area contributed by atoms with Crippen LogP contribution in [0.4, 0.5) is 0 Å². The maximum atomic E-state index is 11.1. The zero-order valence-electron chi connectivity index (χ0n) is 12.2. The predicted octanol–water partition coefficient (Wildman–Crippen LogP) is 5.42. The molecule has 0 spiro atoms. The van der Waals surface area contributed by atoms with Gasteiger partial charge in [-0.2, -0.15) is 0 Å². The number of hydrogen-bond acceptors (Lipinski definition) is 4. The minimum atomic E-state index is 0.838. The first kappa shape index (κ1) is 14.9. The molecule has 0 N–H and O–H groups in total. The third-order valence-corrected chi connectivity index (χ3v) is 5.18. The first-order valence-corrected chi connectivity index (χ1v) is 8.80. The number of hydrogen-bond donors (Lipinski definition) is 0. The predicted molar refractivity (Wildman–Crippen MR) is 95.6 cm³/mol. The molecular formula is C18H15NOS2. The number of thiophene rings is 1. The van der Waals surface area contributed by atoms with Crippen molar-refractivity contribution in [3.05, 3.63) is 62.9 Å². The maximum absolute atomic E-state index is 11.1. The van der Waals surface area contributed by atoms with Gasteiger partial charge in [0.2, 0.25) is 0 Å².